The fourth-order valence-electron chi connectivity index (χ4n) is 3.54. The molecule has 3 rings (SSSR count). The number of carbonyl (C=O) groups is 2. The first-order chi connectivity index (χ1) is 14.7. The van der Waals surface area contributed by atoms with Crippen LogP contribution in [-0.4, -0.2) is 51.9 Å². The van der Waals surface area contributed by atoms with Crippen molar-refractivity contribution < 1.29 is 22.7 Å². The Morgan fingerprint density at radius 1 is 1.13 bits per heavy atom. The smallest absolute Gasteiger partial charge is 0.308 e. The van der Waals surface area contributed by atoms with Crippen molar-refractivity contribution in [1.82, 2.24) is 4.90 Å². The van der Waals surface area contributed by atoms with Gasteiger partial charge in [0.15, 0.2) is 0 Å². The number of hydrogen-bond donors (Lipinski definition) is 0. The second kappa shape index (κ2) is 9.82. The highest BCUT2D eigenvalue weighted by Crippen LogP contribution is 2.27. The first-order valence-corrected chi connectivity index (χ1v) is 12.2. The van der Waals surface area contributed by atoms with Gasteiger partial charge in [0.05, 0.1) is 23.6 Å². The minimum atomic E-state index is -3.96. The summed E-state index contributed by atoms with van der Waals surface area (Å²) in [5.74, 6) is -0.810. The molecular formula is C22H25BrN2O5S. The van der Waals surface area contributed by atoms with E-state index in [1.54, 1.807) is 53.4 Å². The second-order valence-corrected chi connectivity index (χ2v) is 10.3. The van der Waals surface area contributed by atoms with Gasteiger partial charge in [-0.2, -0.15) is 0 Å². The van der Waals surface area contributed by atoms with E-state index >= 15 is 0 Å². The third kappa shape index (κ3) is 5.46. The maximum absolute atomic E-state index is 13.4. The summed E-state index contributed by atoms with van der Waals surface area (Å²) in [6.07, 6.45) is 1.00. The molecule has 0 N–H and O–H groups in total. The van der Waals surface area contributed by atoms with Gasteiger partial charge in [0.2, 0.25) is 5.91 Å². The summed E-state index contributed by atoms with van der Waals surface area (Å²) < 4.78 is 33.5. The van der Waals surface area contributed by atoms with Crippen molar-refractivity contribution in [1.29, 1.82) is 0 Å². The highest BCUT2D eigenvalue weighted by molar-refractivity contribution is 9.10. The molecule has 1 heterocycles. The third-order valence-electron chi connectivity index (χ3n) is 5.37. The Balaban J connectivity index is 1.85. The molecule has 2 aromatic rings. The van der Waals surface area contributed by atoms with Crippen LogP contribution in [0.15, 0.2) is 57.9 Å². The zero-order valence-corrected chi connectivity index (χ0v) is 19.9. The number of sulfonamides is 1. The number of likely N-dealkylation sites (tertiary alicyclic amines) is 1. The Hall–Kier alpha value is -2.39. The molecule has 0 spiro atoms. The summed E-state index contributed by atoms with van der Waals surface area (Å²) >= 11 is 3.37. The zero-order valence-electron chi connectivity index (χ0n) is 17.5. The van der Waals surface area contributed by atoms with Gasteiger partial charge in [0.25, 0.3) is 10.0 Å². The number of rotatable bonds is 6. The second-order valence-electron chi connectivity index (χ2n) is 7.48. The van der Waals surface area contributed by atoms with E-state index in [4.69, 9.17) is 4.74 Å². The summed E-state index contributed by atoms with van der Waals surface area (Å²) in [7, 11) is -2.61. The van der Waals surface area contributed by atoms with E-state index in [2.05, 4.69) is 15.9 Å². The number of hydrogen-bond acceptors (Lipinski definition) is 5. The molecule has 1 amide bonds. The number of carbonyl (C=O) groups excluding carboxylic acids is 2. The van der Waals surface area contributed by atoms with Crippen LogP contribution in [-0.2, 0) is 24.3 Å². The van der Waals surface area contributed by atoms with Gasteiger partial charge >= 0.3 is 5.97 Å². The lowest BCUT2D eigenvalue weighted by atomic mass is 9.97. The summed E-state index contributed by atoms with van der Waals surface area (Å²) in [4.78, 5) is 26.5. The maximum Gasteiger partial charge on any atom is 0.308 e. The lowest BCUT2D eigenvalue weighted by Gasteiger charge is -2.33. The van der Waals surface area contributed by atoms with Crippen LogP contribution >= 0.6 is 15.9 Å². The van der Waals surface area contributed by atoms with Crippen molar-refractivity contribution >= 4 is 43.5 Å². The number of esters is 1. The van der Waals surface area contributed by atoms with Gasteiger partial charge in [0, 0.05) is 17.6 Å². The molecule has 0 atom stereocenters. The number of anilines is 1. The molecule has 1 fully saturated rings. The van der Waals surface area contributed by atoms with Crippen molar-refractivity contribution in [2.24, 2.45) is 5.92 Å². The van der Waals surface area contributed by atoms with Gasteiger partial charge in [-0.3, -0.25) is 13.9 Å². The fourth-order valence-corrected chi connectivity index (χ4v) is 5.33. The average Bonchev–Trinajstić information content (AvgIpc) is 2.77. The molecule has 2 aromatic carbocycles. The van der Waals surface area contributed by atoms with Crippen molar-refractivity contribution in [3.63, 3.8) is 0 Å². The van der Waals surface area contributed by atoms with Crippen molar-refractivity contribution in [3.05, 3.63) is 58.6 Å². The summed E-state index contributed by atoms with van der Waals surface area (Å²) in [6.45, 7) is 2.32. The number of piperidine rings is 1. The van der Waals surface area contributed by atoms with Gasteiger partial charge in [-0.05, 0) is 50.1 Å². The maximum atomic E-state index is 13.4. The van der Waals surface area contributed by atoms with Crippen molar-refractivity contribution in [2.45, 2.75) is 24.7 Å². The third-order valence-corrected chi connectivity index (χ3v) is 7.65. The van der Waals surface area contributed by atoms with Crippen LogP contribution in [0.5, 0.6) is 0 Å². The Kier molecular flexibility index (Phi) is 7.38. The van der Waals surface area contributed by atoms with Crippen molar-refractivity contribution in [3.8, 4) is 0 Å². The van der Waals surface area contributed by atoms with Crippen LogP contribution in [0.25, 0.3) is 0 Å². The predicted molar refractivity (Wildman–Crippen MR) is 121 cm³/mol. The van der Waals surface area contributed by atoms with E-state index in [1.165, 1.54) is 7.11 Å². The highest BCUT2D eigenvalue weighted by atomic mass is 79.9. The van der Waals surface area contributed by atoms with E-state index in [1.807, 2.05) is 6.92 Å². The molecule has 1 saturated heterocycles. The van der Waals surface area contributed by atoms with E-state index in [-0.39, 0.29) is 29.2 Å². The van der Waals surface area contributed by atoms with Crippen LogP contribution in [0, 0.1) is 12.8 Å². The molecule has 0 bridgehead atoms. The molecule has 9 heteroatoms. The number of nitrogens with zero attached hydrogens (tertiary/aromatic N) is 2. The van der Waals surface area contributed by atoms with E-state index in [0.717, 1.165) is 9.87 Å². The van der Waals surface area contributed by atoms with E-state index in [9.17, 15) is 18.0 Å². The standard InChI is InChI=1S/C22H25BrN2O5S/c1-16-6-8-20(9-7-16)31(28,29)25(19-5-3-4-18(23)14-19)15-21(26)24-12-10-17(11-13-24)22(27)30-2/h3-9,14,17H,10-13,15H2,1-2H3. The molecular weight excluding hydrogens is 484 g/mol. The number of methoxy groups -OCH3 is 1. The lowest BCUT2D eigenvalue weighted by Crippen LogP contribution is -2.46. The average molecular weight is 509 g/mol. The molecule has 31 heavy (non-hydrogen) atoms. The molecule has 7 nitrogen and oxygen atoms in total. The molecule has 166 valence electrons. The lowest BCUT2D eigenvalue weighted by molar-refractivity contribution is -0.148. The summed E-state index contributed by atoms with van der Waals surface area (Å²) in [6, 6.07) is 13.4. The van der Waals surface area contributed by atoms with E-state index < -0.39 is 10.0 Å². The Morgan fingerprint density at radius 2 is 1.77 bits per heavy atom. The first-order valence-electron chi connectivity index (χ1n) is 9.93. The first kappa shape index (κ1) is 23.3. The molecule has 0 aromatic heterocycles. The van der Waals surface area contributed by atoms with Crippen LogP contribution < -0.4 is 4.31 Å². The molecule has 1 aliphatic heterocycles. The quantitative estimate of drug-likeness (QED) is 0.558. The molecule has 0 aliphatic carbocycles. The van der Waals surface area contributed by atoms with E-state index in [0.29, 0.717) is 36.1 Å². The van der Waals surface area contributed by atoms with Gasteiger partial charge in [0.1, 0.15) is 6.54 Å². The summed E-state index contributed by atoms with van der Waals surface area (Å²) in [5.41, 5.74) is 1.34. The highest BCUT2D eigenvalue weighted by Gasteiger charge is 2.32. The van der Waals surface area contributed by atoms with Gasteiger partial charge in [-0.15, -0.1) is 0 Å². The largest absolute Gasteiger partial charge is 0.469 e. The molecule has 1 aliphatic rings. The van der Waals surface area contributed by atoms with Gasteiger partial charge < -0.3 is 9.64 Å². The zero-order chi connectivity index (χ0) is 22.6. The van der Waals surface area contributed by atoms with Crippen LogP contribution in [0.2, 0.25) is 0 Å². The normalized spacial score (nSPS) is 14.9. The van der Waals surface area contributed by atoms with Crippen molar-refractivity contribution in [2.75, 3.05) is 31.0 Å². The topological polar surface area (TPSA) is 84.0 Å². The minimum absolute atomic E-state index is 0.121. The Bertz CT molecular complexity index is 1050. The summed E-state index contributed by atoms with van der Waals surface area (Å²) in [5, 5.41) is 0. The van der Waals surface area contributed by atoms with Crippen LogP contribution in [0.1, 0.15) is 18.4 Å². The predicted octanol–water partition coefficient (Wildman–Crippen LogP) is 3.36. The van der Waals surface area contributed by atoms with Crippen LogP contribution in [0.3, 0.4) is 0 Å². The minimum Gasteiger partial charge on any atom is -0.469 e. The number of aryl methyl sites for hydroxylation is 1. The van der Waals surface area contributed by atoms with Gasteiger partial charge in [-0.1, -0.05) is 39.7 Å². The number of ether oxygens (including phenoxy) is 1. The molecule has 0 radical (unpaired) electrons. The van der Waals surface area contributed by atoms with Crippen LogP contribution in [0.4, 0.5) is 5.69 Å². The SMILES string of the molecule is COC(=O)C1CCN(C(=O)CN(c2cccc(Br)c2)S(=O)(=O)c2ccc(C)cc2)CC1. The molecule has 0 unspecified atom stereocenters. The number of amides is 1. The Labute approximate surface area is 191 Å². The number of halogens is 1. The molecule has 0 saturated carbocycles. The van der Waals surface area contributed by atoms with Gasteiger partial charge in [-0.25, -0.2) is 8.42 Å². The fraction of sp³-hybridized carbons (Fsp3) is 0.364. The monoisotopic (exact) mass is 508 g/mol. The Morgan fingerprint density at radius 3 is 2.35 bits per heavy atom. The number of benzene rings is 2.